The molecule has 3 aliphatic rings. The summed E-state index contributed by atoms with van der Waals surface area (Å²) >= 11 is 0. The molecule has 1 aromatic rings. The first-order chi connectivity index (χ1) is 14.5. The fourth-order valence-corrected chi connectivity index (χ4v) is 5.18. The number of amides is 1. The maximum atomic E-state index is 13.5. The summed E-state index contributed by atoms with van der Waals surface area (Å²) in [7, 11) is 5.13. The number of ketones is 2. The Balaban J connectivity index is 1.93. The van der Waals surface area contributed by atoms with E-state index in [-0.39, 0.29) is 24.0 Å². The van der Waals surface area contributed by atoms with Crippen molar-refractivity contribution in [3.05, 3.63) is 45.9 Å². The van der Waals surface area contributed by atoms with Crippen LogP contribution in [0.1, 0.15) is 28.8 Å². The highest BCUT2D eigenvalue weighted by Crippen LogP contribution is 2.52. The first-order valence-electron chi connectivity index (χ1n) is 9.88. The molecule has 0 saturated carbocycles. The number of nitrogens with zero attached hydrogens (tertiary/aromatic N) is 1. The van der Waals surface area contributed by atoms with Crippen molar-refractivity contribution in [1.29, 1.82) is 0 Å². The number of aliphatic hydroxyl groups is 3. The number of hydrogen-bond donors (Lipinski definition) is 4. The molecule has 0 fully saturated rings. The number of hydrogen-bond acceptors (Lipinski definition) is 8. The van der Waals surface area contributed by atoms with Gasteiger partial charge in [0.25, 0.3) is 5.91 Å². The Bertz CT molecular complexity index is 1100. The van der Waals surface area contributed by atoms with Gasteiger partial charge in [0.05, 0.1) is 12.7 Å². The lowest BCUT2D eigenvalue weighted by molar-refractivity contribution is -0.144. The van der Waals surface area contributed by atoms with Crippen molar-refractivity contribution in [2.75, 3.05) is 26.1 Å². The van der Waals surface area contributed by atoms with Gasteiger partial charge in [-0.1, -0.05) is 0 Å². The monoisotopic (exact) mass is 428 g/mol. The molecule has 5 N–H and O–H groups in total. The molecule has 9 heteroatoms. The second-order valence-corrected chi connectivity index (χ2v) is 8.45. The number of Topliss-reactive ketones (excluding diaryl/α,β-unsaturated/α-hetero) is 2. The van der Waals surface area contributed by atoms with Crippen LogP contribution in [-0.2, 0) is 16.0 Å². The first kappa shape index (κ1) is 20.9. The van der Waals surface area contributed by atoms with Crippen LogP contribution in [0.2, 0.25) is 0 Å². The van der Waals surface area contributed by atoms with Crippen molar-refractivity contribution in [1.82, 2.24) is 0 Å². The van der Waals surface area contributed by atoms with Crippen molar-refractivity contribution >= 4 is 23.2 Å². The Hall–Kier alpha value is -3.33. The molecule has 0 bridgehead atoms. The van der Waals surface area contributed by atoms with Crippen molar-refractivity contribution in [3.8, 4) is 5.75 Å². The SMILES string of the molecule is COc1ccc(N(C)C)c2c1C(=O)C1=C(O)[C@]3(O)C(=O)C(C(N)=O)=C(O)CC3CC1C2. The molecule has 3 aliphatic carbocycles. The number of allylic oxidation sites excluding steroid dienone is 2. The molecular weight excluding hydrogens is 404 g/mol. The van der Waals surface area contributed by atoms with Gasteiger partial charge in [0.15, 0.2) is 11.4 Å². The molecule has 1 aromatic carbocycles. The van der Waals surface area contributed by atoms with Gasteiger partial charge in [-0.05, 0) is 36.5 Å². The van der Waals surface area contributed by atoms with Gasteiger partial charge >= 0.3 is 0 Å². The third-order valence-electron chi connectivity index (χ3n) is 6.61. The van der Waals surface area contributed by atoms with E-state index in [4.69, 9.17) is 10.5 Å². The maximum Gasteiger partial charge on any atom is 0.255 e. The molecule has 0 spiro atoms. The predicted octanol–water partition coefficient (Wildman–Crippen LogP) is 0.949. The van der Waals surface area contributed by atoms with Crippen LogP contribution in [0.4, 0.5) is 5.69 Å². The zero-order valence-electron chi connectivity index (χ0n) is 17.4. The minimum Gasteiger partial charge on any atom is -0.511 e. The Morgan fingerprint density at radius 1 is 1.23 bits per heavy atom. The van der Waals surface area contributed by atoms with Gasteiger partial charge in [-0.2, -0.15) is 0 Å². The third-order valence-corrected chi connectivity index (χ3v) is 6.61. The van der Waals surface area contributed by atoms with E-state index in [2.05, 4.69) is 0 Å². The van der Waals surface area contributed by atoms with Crippen molar-refractivity contribution in [2.45, 2.75) is 24.9 Å². The number of rotatable bonds is 3. The molecule has 0 radical (unpaired) electrons. The second-order valence-electron chi connectivity index (χ2n) is 8.45. The largest absolute Gasteiger partial charge is 0.511 e. The number of fused-ring (bicyclic) bond motifs is 3. The molecule has 4 rings (SSSR count). The van der Waals surface area contributed by atoms with E-state index >= 15 is 0 Å². The summed E-state index contributed by atoms with van der Waals surface area (Å²) in [4.78, 5) is 40.0. The third kappa shape index (κ3) is 2.69. The lowest BCUT2D eigenvalue weighted by atomic mass is 9.60. The zero-order chi connectivity index (χ0) is 22.8. The molecule has 1 amide bonds. The Morgan fingerprint density at radius 3 is 2.48 bits per heavy atom. The average Bonchev–Trinajstić information content (AvgIpc) is 2.69. The standard InChI is InChI=1S/C22H24N2O7/c1-24(2)12-4-5-14(31-3)16-11(12)7-9-6-10-8-13(25)17(21(23)29)20(28)22(10,30)19(27)15(9)18(16)26/h4-5,9-10,25,27,30H,6-8H2,1-3H3,(H2,23,29)/t9?,10?,22-/m0/s1. The number of nitrogens with two attached hydrogens (primary N) is 1. The van der Waals surface area contributed by atoms with Crippen molar-refractivity contribution < 1.29 is 34.4 Å². The molecule has 0 heterocycles. The number of benzene rings is 1. The van der Waals surface area contributed by atoms with E-state index in [0.717, 1.165) is 11.3 Å². The average molecular weight is 428 g/mol. The smallest absolute Gasteiger partial charge is 0.255 e. The van der Waals surface area contributed by atoms with E-state index in [1.807, 2.05) is 25.1 Å². The lowest BCUT2D eigenvalue weighted by Crippen LogP contribution is -2.57. The molecular formula is C22H24N2O7. The Labute approximate surface area is 178 Å². The maximum absolute atomic E-state index is 13.5. The van der Waals surface area contributed by atoms with Crippen LogP contribution in [0.25, 0.3) is 0 Å². The van der Waals surface area contributed by atoms with E-state index in [1.165, 1.54) is 7.11 Å². The molecule has 2 unspecified atom stereocenters. The van der Waals surface area contributed by atoms with Gasteiger partial charge in [0, 0.05) is 37.7 Å². The summed E-state index contributed by atoms with van der Waals surface area (Å²) in [5.74, 6) is -5.28. The van der Waals surface area contributed by atoms with Gasteiger partial charge in [-0.15, -0.1) is 0 Å². The molecule has 0 aliphatic heterocycles. The van der Waals surface area contributed by atoms with E-state index in [9.17, 15) is 29.7 Å². The highest BCUT2D eigenvalue weighted by molar-refractivity contribution is 6.24. The van der Waals surface area contributed by atoms with Crippen LogP contribution in [0.15, 0.2) is 34.8 Å². The normalized spacial score (nSPS) is 27.5. The molecule has 0 saturated heterocycles. The molecule has 31 heavy (non-hydrogen) atoms. The molecule has 9 nitrogen and oxygen atoms in total. The van der Waals surface area contributed by atoms with Gasteiger partial charge in [0.2, 0.25) is 5.78 Å². The fraction of sp³-hybridized carbons (Fsp3) is 0.409. The van der Waals surface area contributed by atoms with Gasteiger partial charge in [-0.3, -0.25) is 14.4 Å². The predicted molar refractivity (Wildman–Crippen MR) is 110 cm³/mol. The first-order valence-corrected chi connectivity index (χ1v) is 9.88. The zero-order valence-corrected chi connectivity index (χ0v) is 17.4. The second kappa shape index (κ2) is 6.84. The Kier molecular flexibility index (Phi) is 4.62. The molecule has 164 valence electrons. The summed E-state index contributed by atoms with van der Waals surface area (Å²) in [6.45, 7) is 0. The van der Waals surface area contributed by atoms with Gasteiger partial charge in [-0.25, -0.2) is 0 Å². The quantitative estimate of drug-likeness (QED) is 0.520. The topological polar surface area (TPSA) is 150 Å². The van der Waals surface area contributed by atoms with E-state index < -0.39 is 52.0 Å². The van der Waals surface area contributed by atoms with Crippen LogP contribution in [0.3, 0.4) is 0 Å². The fourth-order valence-electron chi connectivity index (χ4n) is 5.18. The van der Waals surface area contributed by atoms with Gasteiger partial charge < -0.3 is 30.7 Å². The van der Waals surface area contributed by atoms with Crippen molar-refractivity contribution in [2.24, 2.45) is 17.6 Å². The summed E-state index contributed by atoms with van der Waals surface area (Å²) in [6, 6.07) is 3.50. The molecule has 3 atom stereocenters. The number of methoxy groups -OCH3 is 1. The van der Waals surface area contributed by atoms with Crippen LogP contribution < -0.4 is 15.4 Å². The summed E-state index contributed by atoms with van der Waals surface area (Å²) < 4.78 is 5.37. The summed E-state index contributed by atoms with van der Waals surface area (Å²) in [6.07, 6.45) is 0.320. The van der Waals surface area contributed by atoms with Crippen LogP contribution in [0.5, 0.6) is 5.75 Å². The number of carbonyl (C=O) groups excluding carboxylic acids is 3. The highest BCUT2D eigenvalue weighted by Gasteiger charge is 2.59. The van der Waals surface area contributed by atoms with Crippen LogP contribution in [-0.4, -0.2) is 59.6 Å². The minimum absolute atomic E-state index is 0.0704. The van der Waals surface area contributed by atoms with Crippen LogP contribution >= 0.6 is 0 Å². The number of carbonyl (C=O) groups is 3. The van der Waals surface area contributed by atoms with Crippen LogP contribution in [0, 0.1) is 11.8 Å². The van der Waals surface area contributed by atoms with E-state index in [0.29, 0.717) is 12.2 Å². The minimum atomic E-state index is -2.50. The number of anilines is 1. The number of primary amides is 1. The van der Waals surface area contributed by atoms with Gasteiger partial charge in [0.1, 0.15) is 22.8 Å². The lowest BCUT2D eigenvalue weighted by Gasteiger charge is -2.45. The number of ether oxygens (including phenoxy) is 1. The van der Waals surface area contributed by atoms with Crippen molar-refractivity contribution in [3.63, 3.8) is 0 Å². The molecule has 0 aromatic heterocycles. The highest BCUT2D eigenvalue weighted by atomic mass is 16.5. The van der Waals surface area contributed by atoms with E-state index in [1.54, 1.807) is 6.07 Å². The number of aliphatic hydroxyl groups excluding tert-OH is 2. The summed E-state index contributed by atoms with van der Waals surface area (Å²) in [5, 5.41) is 32.5. The Morgan fingerprint density at radius 2 is 1.90 bits per heavy atom. The summed E-state index contributed by atoms with van der Waals surface area (Å²) in [5.41, 5.74) is 3.73.